The number of benzene rings is 4. The number of carbonyl (C=O) groups excluding carboxylic acids is 1. The summed E-state index contributed by atoms with van der Waals surface area (Å²) in [5.74, 6) is 0.145. The maximum Gasteiger partial charge on any atom is 0.416 e. The molecule has 52 heavy (non-hydrogen) atoms. The molecule has 0 radical (unpaired) electrons. The number of rotatable bonds is 16. The van der Waals surface area contributed by atoms with Gasteiger partial charge in [-0.1, -0.05) is 48.5 Å². The van der Waals surface area contributed by atoms with Crippen LogP contribution in [0.25, 0.3) is 33.9 Å². The van der Waals surface area contributed by atoms with E-state index in [0.717, 1.165) is 45.9 Å². The lowest BCUT2D eigenvalue weighted by atomic mass is 10.0. The molecule has 9 nitrogen and oxygen atoms in total. The van der Waals surface area contributed by atoms with E-state index >= 15 is 0 Å². The monoisotopic (exact) mass is 714 g/mol. The van der Waals surface area contributed by atoms with Crippen LogP contribution in [0.2, 0.25) is 0 Å². The van der Waals surface area contributed by atoms with Crippen molar-refractivity contribution >= 4 is 17.3 Å². The van der Waals surface area contributed by atoms with Crippen LogP contribution in [-0.4, -0.2) is 83.2 Å². The number of aromatic nitrogens is 2. The van der Waals surface area contributed by atoms with Crippen molar-refractivity contribution < 1.29 is 27.4 Å². The Morgan fingerprint density at radius 2 is 1.37 bits per heavy atom. The lowest BCUT2D eigenvalue weighted by Crippen LogP contribution is -2.27. The summed E-state index contributed by atoms with van der Waals surface area (Å²) in [6, 6.07) is 28.4. The predicted molar refractivity (Wildman–Crippen MR) is 201 cm³/mol. The van der Waals surface area contributed by atoms with E-state index in [9.17, 15) is 18.0 Å². The van der Waals surface area contributed by atoms with Crippen LogP contribution in [0, 0.1) is 0 Å². The number of anilines is 2. The summed E-state index contributed by atoms with van der Waals surface area (Å²) in [6.45, 7) is 2.72. The SMILES string of the molecule is CN(C)c1ccc(-c2nc(-c3cccc(C(F)(F)F)c3)n(Cc3ccc(C(=O)NCCOCCOCCN)cc3)c2-c2ccc(N(C)C)cc2)cc1. The molecule has 0 aliphatic rings. The molecule has 1 heterocycles. The van der Waals surface area contributed by atoms with Gasteiger partial charge in [0.15, 0.2) is 0 Å². The number of nitrogens with two attached hydrogens (primary N) is 1. The van der Waals surface area contributed by atoms with Gasteiger partial charge < -0.3 is 34.9 Å². The summed E-state index contributed by atoms with van der Waals surface area (Å²) in [5.41, 5.74) is 11.4. The average Bonchev–Trinajstić information content (AvgIpc) is 3.51. The van der Waals surface area contributed by atoms with Crippen LogP contribution in [0.1, 0.15) is 21.5 Å². The summed E-state index contributed by atoms with van der Waals surface area (Å²) >= 11 is 0. The molecule has 0 atom stereocenters. The van der Waals surface area contributed by atoms with Crippen molar-refractivity contribution in [2.45, 2.75) is 12.7 Å². The molecule has 3 N–H and O–H groups in total. The van der Waals surface area contributed by atoms with Gasteiger partial charge in [-0.2, -0.15) is 13.2 Å². The first-order chi connectivity index (χ1) is 25.0. The zero-order valence-corrected chi connectivity index (χ0v) is 29.9. The van der Waals surface area contributed by atoms with Gasteiger partial charge in [0, 0.05) is 81.5 Å². The zero-order chi connectivity index (χ0) is 37.3. The van der Waals surface area contributed by atoms with Gasteiger partial charge >= 0.3 is 6.18 Å². The first kappa shape index (κ1) is 38.1. The Bertz CT molecular complexity index is 1910. The highest BCUT2D eigenvalue weighted by atomic mass is 19.4. The Morgan fingerprint density at radius 3 is 1.94 bits per heavy atom. The lowest BCUT2D eigenvalue weighted by Gasteiger charge is -2.17. The molecule has 0 saturated heterocycles. The second kappa shape index (κ2) is 17.4. The van der Waals surface area contributed by atoms with Gasteiger partial charge in [-0.3, -0.25) is 4.79 Å². The van der Waals surface area contributed by atoms with E-state index in [0.29, 0.717) is 62.2 Å². The molecule has 12 heteroatoms. The Balaban J connectivity index is 1.52. The largest absolute Gasteiger partial charge is 0.416 e. The Kier molecular flexibility index (Phi) is 12.7. The van der Waals surface area contributed by atoms with Gasteiger partial charge in [0.2, 0.25) is 0 Å². The molecule has 0 aliphatic carbocycles. The third-order valence-corrected chi connectivity index (χ3v) is 8.45. The third kappa shape index (κ3) is 9.58. The molecule has 5 rings (SSSR count). The van der Waals surface area contributed by atoms with Crippen LogP contribution in [0.15, 0.2) is 97.1 Å². The van der Waals surface area contributed by atoms with Crippen molar-refractivity contribution in [3.63, 3.8) is 0 Å². The molecule has 1 aromatic heterocycles. The highest BCUT2D eigenvalue weighted by Crippen LogP contribution is 2.39. The number of hydrogen-bond acceptors (Lipinski definition) is 7. The summed E-state index contributed by atoms with van der Waals surface area (Å²) in [5, 5.41) is 2.86. The minimum Gasteiger partial charge on any atom is -0.378 e. The number of alkyl halides is 3. The summed E-state index contributed by atoms with van der Waals surface area (Å²) in [4.78, 5) is 21.9. The first-order valence-corrected chi connectivity index (χ1v) is 17.0. The van der Waals surface area contributed by atoms with Gasteiger partial charge in [0.1, 0.15) is 5.82 Å². The van der Waals surface area contributed by atoms with Crippen LogP contribution in [-0.2, 0) is 22.2 Å². The van der Waals surface area contributed by atoms with E-state index in [-0.39, 0.29) is 12.5 Å². The second-order valence-corrected chi connectivity index (χ2v) is 12.6. The molecule has 274 valence electrons. The van der Waals surface area contributed by atoms with Crippen molar-refractivity contribution in [1.82, 2.24) is 14.9 Å². The van der Waals surface area contributed by atoms with Crippen LogP contribution in [0.3, 0.4) is 0 Å². The molecule has 0 spiro atoms. The minimum atomic E-state index is -4.52. The van der Waals surface area contributed by atoms with Crippen molar-refractivity contribution in [1.29, 1.82) is 0 Å². The zero-order valence-electron chi connectivity index (χ0n) is 29.9. The third-order valence-electron chi connectivity index (χ3n) is 8.45. The first-order valence-electron chi connectivity index (χ1n) is 17.0. The number of nitrogens with zero attached hydrogens (tertiary/aromatic N) is 4. The lowest BCUT2D eigenvalue weighted by molar-refractivity contribution is -0.137. The fourth-order valence-corrected chi connectivity index (χ4v) is 5.68. The number of ether oxygens (including phenoxy) is 2. The van der Waals surface area contributed by atoms with E-state index in [1.165, 1.54) is 6.07 Å². The fraction of sp³-hybridized carbons (Fsp3) is 0.300. The average molecular weight is 715 g/mol. The predicted octanol–water partition coefficient (Wildman–Crippen LogP) is 6.80. The number of nitrogens with one attached hydrogen (secondary N) is 1. The summed E-state index contributed by atoms with van der Waals surface area (Å²) < 4.78 is 54.5. The fourth-order valence-electron chi connectivity index (χ4n) is 5.68. The maximum absolute atomic E-state index is 13.9. The van der Waals surface area contributed by atoms with E-state index < -0.39 is 11.7 Å². The van der Waals surface area contributed by atoms with Crippen LogP contribution >= 0.6 is 0 Å². The molecule has 1 amide bonds. The number of amides is 1. The van der Waals surface area contributed by atoms with Crippen molar-refractivity contribution in [2.75, 3.05) is 77.5 Å². The van der Waals surface area contributed by atoms with Crippen LogP contribution in [0.5, 0.6) is 0 Å². The Labute approximate surface area is 302 Å². The molecule has 5 aromatic rings. The summed E-state index contributed by atoms with van der Waals surface area (Å²) in [7, 11) is 7.84. The highest BCUT2D eigenvalue weighted by Gasteiger charge is 2.31. The van der Waals surface area contributed by atoms with Gasteiger partial charge in [-0.05, 0) is 54.1 Å². The van der Waals surface area contributed by atoms with E-state index in [4.69, 9.17) is 20.2 Å². The minimum absolute atomic E-state index is 0.244. The molecular formula is C40H45F3N6O3. The number of imidazole rings is 1. The van der Waals surface area contributed by atoms with Gasteiger partial charge in [0.05, 0.1) is 43.4 Å². The van der Waals surface area contributed by atoms with Crippen molar-refractivity contribution in [2.24, 2.45) is 5.73 Å². The normalized spacial score (nSPS) is 11.5. The standard InChI is InChI=1S/C40H45F3N6O3/c1-47(2)34-16-12-29(13-17-34)36-37(30-14-18-35(19-15-30)48(3)4)49(38(46-36)32-6-5-7-33(26-32)40(41,42)43)27-28-8-10-31(11-9-28)39(50)45-21-23-52-25-24-51-22-20-44/h5-19,26H,20-25,27,44H2,1-4H3,(H,45,50). The van der Waals surface area contributed by atoms with Crippen molar-refractivity contribution in [3.05, 3.63) is 114 Å². The van der Waals surface area contributed by atoms with Crippen LogP contribution < -0.4 is 20.9 Å². The van der Waals surface area contributed by atoms with Gasteiger partial charge in [0.25, 0.3) is 5.91 Å². The maximum atomic E-state index is 13.9. The Morgan fingerprint density at radius 1 is 0.769 bits per heavy atom. The van der Waals surface area contributed by atoms with E-state index in [2.05, 4.69) is 5.32 Å². The van der Waals surface area contributed by atoms with Gasteiger partial charge in [-0.25, -0.2) is 4.98 Å². The van der Waals surface area contributed by atoms with E-state index in [1.54, 1.807) is 18.2 Å². The second-order valence-electron chi connectivity index (χ2n) is 12.6. The highest BCUT2D eigenvalue weighted by molar-refractivity contribution is 5.94. The Hall–Kier alpha value is -5.17. The molecule has 4 aromatic carbocycles. The smallest absolute Gasteiger partial charge is 0.378 e. The number of carbonyl (C=O) groups is 1. The molecule has 0 aliphatic heterocycles. The van der Waals surface area contributed by atoms with Crippen molar-refractivity contribution in [3.8, 4) is 33.9 Å². The molecule has 0 saturated carbocycles. The quantitative estimate of drug-likeness (QED) is 0.109. The topological polar surface area (TPSA) is 97.9 Å². The number of hydrogen-bond donors (Lipinski definition) is 2. The molecular weight excluding hydrogens is 669 g/mol. The van der Waals surface area contributed by atoms with Gasteiger partial charge in [-0.15, -0.1) is 0 Å². The van der Waals surface area contributed by atoms with E-state index in [1.807, 2.05) is 103 Å². The number of halogens is 3. The molecule has 0 unspecified atom stereocenters. The summed E-state index contributed by atoms with van der Waals surface area (Å²) in [6.07, 6.45) is -4.52. The molecule has 0 fully saturated rings. The van der Waals surface area contributed by atoms with Crippen LogP contribution in [0.4, 0.5) is 24.5 Å². The molecule has 0 bridgehead atoms.